The third-order valence-corrected chi connectivity index (χ3v) is 3.77. The lowest BCUT2D eigenvalue weighted by Gasteiger charge is -2.20. The van der Waals surface area contributed by atoms with Crippen molar-refractivity contribution >= 4 is 22.6 Å². The van der Waals surface area contributed by atoms with Gasteiger partial charge in [0.2, 0.25) is 0 Å². The first-order valence-corrected chi connectivity index (χ1v) is 7.45. The van der Waals surface area contributed by atoms with E-state index in [1.807, 2.05) is 13.0 Å². The van der Waals surface area contributed by atoms with E-state index in [-0.39, 0.29) is 11.9 Å². The summed E-state index contributed by atoms with van der Waals surface area (Å²) in [6.07, 6.45) is 3.10. The molecule has 0 spiro atoms. The fourth-order valence-corrected chi connectivity index (χ4v) is 2.71. The second kappa shape index (κ2) is 7.89. The van der Waals surface area contributed by atoms with E-state index in [0.717, 1.165) is 29.4 Å². The van der Waals surface area contributed by atoms with E-state index < -0.39 is 0 Å². The summed E-state index contributed by atoms with van der Waals surface area (Å²) >= 11 is 2.21. The molecule has 1 atom stereocenters. The SMILES string of the molecule is C=C(C)CCC(NCCC)c1ccc(F)cc1I. The zero-order chi connectivity index (χ0) is 13.5. The maximum atomic E-state index is 13.1. The highest BCUT2D eigenvalue weighted by Gasteiger charge is 2.14. The molecule has 100 valence electrons. The summed E-state index contributed by atoms with van der Waals surface area (Å²) in [7, 11) is 0. The minimum atomic E-state index is -0.169. The predicted octanol–water partition coefficient (Wildman–Crippen LogP) is 4.83. The van der Waals surface area contributed by atoms with Gasteiger partial charge in [-0.1, -0.05) is 18.6 Å². The van der Waals surface area contributed by atoms with Gasteiger partial charge in [-0.05, 0) is 73.0 Å². The van der Waals surface area contributed by atoms with Gasteiger partial charge in [-0.25, -0.2) is 4.39 Å². The quantitative estimate of drug-likeness (QED) is 0.542. The molecule has 1 N–H and O–H groups in total. The molecule has 0 fully saturated rings. The van der Waals surface area contributed by atoms with Crippen LogP contribution in [0.1, 0.15) is 44.7 Å². The van der Waals surface area contributed by atoms with E-state index in [9.17, 15) is 4.39 Å². The van der Waals surface area contributed by atoms with Crippen LogP contribution in [0.2, 0.25) is 0 Å². The van der Waals surface area contributed by atoms with Crippen molar-refractivity contribution in [3.63, 3.8) is 0 Å². The van der Waals surface area contributed by atoms with Gasteiger partial charge in [0, 0.05) is 9.61 Å². The molecule has 18 heavy (non-hydrogen) atoms. The van der Waals surface area contributed by atoms with Gasteiger partial charge in [0.1, 0.15) is 5.82 Å². The average Bonchev–Trinajstić information content (AvgIpc) is 2.30. The fraction of sp³-hybridized carbons (Fsp3) is 0.467. The Labute approximate surface area is 123 Å². The molecule has 1 unspecified atom stereocenters. The number of nitrogens with one attached hydrogen (secondary N) is 1. The van der Waals surface area contributed by atoms with E-state index in [0.29, 0.717) is 0 Å². The summed E-state index contributed by atoms with van der Waals surface area (Å²) in [5.74, 6) is -0.169. The van der Waals surface area contributed by atoms with Crippen molar-refractivity contribution in [2.24, 2.45) is 0 Å². The van der Waals surface area contributed by atoms with Crippen LogP contribution in [0.3, 0.4) is 0 Å². The van der Waals surface area contributed by atoms with Gasteiger partial charge >= 0.3 is 0 Å². The lowest BCUT2D eigenvalue weighted by molar-refractivity contribution is 0.495. The summed E-state index contributed by atoms with van der Waals surface area (Å²) in [6, 6.07) is 5.31. The van der Waals surface area contributed by atoms with E-state index >= 15 is 0 Å². The van der Waals surface area contributed by atoms with Gasteiger partial charge in [-0.3, -0.25) is 0 Å². The highest BCUT2D eigenvalue weighted by Crippen LogP contribution is 2.25. The maximum absolute atomic E-state index is 13.1. The van der Waals surface area contributed by atoms with Crippen molar-refractivity contribution in [3.05, 3.63) is 45.3 Å². The lowest BCUT2D eigenvalue weighted by Crippen LogP contribution is -2.23. The smallest absolute Gasteiger partial charge is 0.124 e. The lowest BCUT2D eigenvalue weighted by atomic mass is 9.99. The molecule has 1 nitrogen and oxygen atoms in total. The maximum Gasteiger partial charge on any atom is 0.124 e. The molecule has 1 rings (SSSR count). The van der Waals surface area contributed by atoms with Gasteiger partial charge in [0.15, 0.2) is 0 Å². The van der Waals surface area contributed by atoms with Crippen LogP contribution in [0, 0.1) is 9.39 Å². The van der Waals surface area contributed by atoms with Crippen molar-refractivity contribution in [2.45, 2.75) is 39.2 Å². The van der Waals surface area contributed by atoms with E-state index in [1.54, 1.807) is 12.1 Å². The Kier molecular flexibility index (Phi) is 6.86. The minimum Gasteiger partial charge on any atom is -0.310 e. The zero-order valence-corrected chi connectivity index (χ0v) is 13.3. The van der Waals surface area contributed by atoms with E-state index in [1.165, 1.54) is 11.1 Å². The number of hydrogen-bond donors (Lipinski definition) is 1. The number of halogens is 2. The molecule has 0 bridgehead atoms. The van der Waals surface area contributed by atoms with Gasteiger partial charge in [-0.15, -0.1) is 6.58 Å². The largest absolute Gasteiger partial charge is 0.310 e. The van der Waals surface area contributed by atoms with Crippen LogP contribution in [0.15, 0.2) is 30.4 Å². The Morgan fingerprint density at radius 2 is 2.22 bits per heavy atom. The second-order valence-electron chi connectivity index (χ2n) is 4.67. The van der Waals surface area contributed by atoms with Crippen LogP contribution in [-0.2, 0) is 0 Å². The van der Waals surface area contributed by atoms with Crippen LogP contribution >= 0.6 is 22.6 Å². The molecule has 1 aromatic carbocycles. The Balaban J connectivity index is 2.82. The third kappa shape index (κ3) is 5.06. The molecular formula is C15H21FIN. The van der Waals surface area contributed by atoms with Crippen molar-refractivity contribution in [2.75, 3.05) is 6.54 Å². The Morgan fingerprint density at radius 1 is 1.50 bits per heavy atom. The summed E-state index contributed by atoms with van der Waals surface area (Å²) in [5.41, 5.74) is 2.38. The van der Waals surface area contributed by atoms with Crippen molar-refractivity contribution in [3.8, 4) is 0 Å². The summed E-state index contributed by atoms with van der Waals surface area (Å²) in [5, 5.41) is 3.53. The topological polar surface area (TPSA) is 12.0 Å². The molecule has 0 aliphatic rings. The molecule has 0 saturated carbocycles. The molecule has 3 heteroatoms. The molecule has 1 aromatic rings. The van der Waals surface area contributed by atoms with Crippen molar-refractivity contribution in [1.82, 2.24) is 5.32 Å². The predicted molar refractivity (Wildman–Crippen MR) is 84.2 cm³/mol. The Morgan fingerprint density at radius 3 is 2.78 bits per heavy atom. The summed E-state index contributed by atoms with van der Waals surface area (Å²) < 4.78 is 14.1. The second-order valence-corrected chi connectivity index (χ2v) is 5.83. The van der Waals surface area contributed by atoms with Gasteiger partial charge in [-0.2, -0.15) is 0 Å². The van der Waals surface area contributed by atoms with Crippen LogP contribution in [0.4, 0.5) is 4.39 Å². The first-order chi connectivity index (χ1) is 8.54. The van der Waals surface area contributed by atoms with Crippen LogP contribution in [0.5, 0.6) is 0 Å². The Hall–Kier alpha value is -0.420. The first kappa shape index (κ1) is 15.6. The molecule has 0 saturated heterocycles. The standard InChI is InChI=1S/C15H21FIN/c1-4-9-18-15(8-5-11(2)3)13-7-6-12(16)10-14(13)17/h6-7,10,15,18H,2,4-5,8-9H2,1,3H3. The van der Waals surface area contributed by atoms with Crippen molar-refractivity contribution < 1.29 is 4.39 Å². The minimum absolute atomic E-state index is 0.169. The molecule has 0 aromatic heterocycles. The Bertz CT molecular complexity index is 403. The van der Waals surface area contributed by atoms with Crippen LogP contribution in [-0.4, -0.2) is 6.54 Å². The molecule has 0 radical (unpaired) electrons. The molecule has 0 heterocycles. The van der Waals surface area contributed by atoms with Gasteiger partial charge in [0.25, 0.3) is 0 Å². The van der Waals surface area contributed by atoms with Crippen molar-refractivity contribution in [1.29, 1.82) is 0 Å². The molecule has 0 amide bonds. The normalized spacial score (nSPS) is 12.4. The number of allylic oxidation sites excluding steroid dienone is 1. The van der Waals surface area contributed by atoms with Crippen LogP contribution in [0.25, 0.3) is 0 Å². The highest BCUT2D eigenvalue weighted by atomic mass is 127. The average molecular weight is 361 g/mol. The monoisotopic (exact) mass is 361 g/mol. The van der Waals surface area contributed by atoms with E-state index in [4.69, 9.17) is 0 Å². The summed E-state index contributed by atoms with van der Waals surface area (Å²) in [4.78, 5) is 0. The first-order valence-electron chi connectivity index (χ1n) is 6.37. The number of benzene rings is 1. The molecular weight excluding hydrogens is 340 g/mol. The number of rotatable bonds is 7. The molecule has 0 aliphatic heterocycles. The molecule has 0 aliphatic carbocycles. The fourth-order valence-electron chi connectivity index (χ4n) is 1.86. The van der Waals surface area contributed by atoms with Crippen LogP contribution < -0.4 is 5.32 Å². The third-order valence-electron chi connectivity index (χ3n) is 2.84. The highest BCUT2D eigenvalue weighted by molar-refractivity contribution is 14.1. The number of hydrogen-bond acceptors (Lipinski definition) is 1. The summed E-state index contributed by atoms with van der Waals surface area (Å²) in [6.45, 7) is 9.13. The van der Waals surface area contributed by atoms with Gasteiger partial charge < -0.3 is 5.32 Å². The van der Waals surface area contributed by atoms with E-state index in [2.05, 4.69) is 41.4 Å². The zero-order valence-electron chi connectivity index (χ0n) is 11.1. The van der Waals surface area contributed by atoms with Gasteiger partial charge in [0.05, 0.1) is 0 Å².